The second kappa shape index (κ2) is 9.65. The highest BCUT2D eigenvalue weighted by molar-refractivity contribution is 6.17. The third-order valence-corrected chi connectivity index (χ3v) is 6.01. The monoisotopic (exact) mass is 492 g/mol. The lowest BCUT2D eigenvalue weighted by molar-refractivity contribution is -0.118. The van der Waals surface area contributed by atoms with E-state index in [9.17, 15) is 29.1 Å². The molecule has 1 fully saturated rings. The molecule has 0 radical (unpaired) electrons. The van der Waals surface area contributed by atoms with Crippen molar-refractivity contribution < 1.29 is 38.6 Å². The average Bonchev–Trinajstić information content (AvgIpc) is 3.69. The summed E-state index contributed by atoms with van der Waals surface area (Å²) in [6.45, 7) is 1.37. The van der Waals surface area contributed by atoms with E-state index in [2.05, 4.69) is 5.32 Å². The van der Waals surface area contributed by atoms with Crippen molar-refractivity contribution in [2.75, 3.05) is 24.4 Å². The molecule has 1 aliphatic carbocycles. The molecule has 2 aliphatic rings. The molecule has 1 heterocycles. The van der Waals surface area contributed by atoms with Crippen LogP contribution in [0.25, 0.3) is 0 Å². The summed E-state index contributed by atoms with van der Waals surface area (Å²) < 4.78 is 9.57. The number of Topliss-reactive ketones (excluding diaryl/α,β-unsaturated/α-hetero) is 1. The molecule has 36 heavy (non-hydrogen) atoms. The summed E-state index contributed by atoms with van der Waals surface area (Å²) >= 11 is 0. The number of aliphatic hydroxyl groups is 1. The number of ether oxygens (including phenoxy) is 2. The lowest BCUT2D eigenvalue weighted by atomic mass is 9.93. The van der Waals surface area contributed by atoms with Crippen molar-refractivity contribution in [3.8, 4) is 0 Å². The zero-order chi connectivity index (χ0) is 26.1. The van der Waals surface area contributed by atoms with E-state index in [-0.39, 0.29) is 40.0 Å². The molecule has 1 aliphatic heterocycles. The molecule has 0 bridgehead atoms. The predicted molar refractivity (Wildman–Crippen MR) is 127 cm³/mol. The van der Waals surface area contributed by atoms with Crippen LogP contribution in [0.5, 0.6) is 0 Å². The van der Waals surface area contributed by atoms with Gasteiger partial charge >= 0.3 is 11.9 Å². The number of carbonyl (C=O) groups excluding carboxylic acids is 5. The first-order valence-electron chi connectivity index (χ1n) is 11.2. The molecular formula is C26H24N2O8. The number of anilines is 2. The Kier molecular flexibility index (Phi) is 6.61. The number of nitrogens with zero attached hydrogens (tertiary/aromatic N) is 1. The number of benzene rings is 2. The van der Waals surface area contributed by atoms with Crippen LogP contribution in [-0.2, 0) is 23.9 Å². The maximum absolute atomic E-state index is 13.3. The Labute approximate surface area is 206 Å². The lowest BCUT2D eigenvalue weighted by Crippen LogP contribution is -2.31. The van der Waals surface area contributed by atoms with E-state index in [1.165, 1.54) is 39.3 Å². The normalized spacial score (nSPS) is 17.1. The zero-order valence-corrected chi connectivity index (χ0v) is 19.9. The van der Waals surface area contributed by atoms with E-state index in [0.717, 1.165) is 4.90 Å². The van der Waals surface area contributed by atoms with Gasteiger partial charge in [0.15, 0.2) is 11.5 Å². The topological polar surface area (TPSA) is 139 Å². The summed E-state index contributed by atoms with van der Waals surface area (Å²) in [5.41, 5.74) is 0.968. The second-order valence-electron chi connectivity index (χ2n) is 8.53. The van der Waals surface area contributed by atoms with Crippen LogP contribution in [0.1, 0.15) is 52.1 Å². The third kappa shape index (κ3) is 4.57. The minimum Gasteiger partial charge on any atom is -0.503 e. The highest BCUT2D eigenvalue weighted by Gasteiger charge is 2.48. The Morgan fingerprint density at radius 2 is 1.50 bits per heavy atom. The fourth-order valence-electron chi connectivity index (χ4n) is 4.18. The van der Waals surface area contributed by atoms with Crippen molar-refractivity contribution in [1.82, 2.24) is 0 Å². The van der Waals surface area contributed by atoms with Crippen LogP contribution in [0.2, 0.25) is 0 Å². The van der Waals surface area contributed by atoms with E-state index < -0.39 is 29.6 Å². The minimum absolute atomic E-state index is 0.0237. The summed E-state index contributed by atoms with van der Waals surface area (Å²) in [5, 5.41) is 13.5. The largest absolute Gasteiger partial charge is 0.503 e. The molecule has 2 N–H and O–H groups in total. The third-order valence-electron chi connectivity index (χ3n) is 6.01. The summed E-state index contributed by atoms with van der Waals surface area (Å²) in [6, 6.07) is 9.38. The molecule has 2 aromatic rings. The molecule has 186 valence electrons. The zero-order valence-electron chi connectivity index (χ0n) is 19.9. The molecule has 2 amide bonds. The molecule has 1 saturated carbocycles. The maximum Gasteiger partial charge on any atom is 0.337 e. The number of carbonyl (C=O) groups is 5. The van der Waals surface area contributed by atoms with Crippen molar-refractivity contribution >= 4 is 40.9 Å². The van der Waals surface area contributed by atoms with E-state index in [0.29, 0.717) is 24.1 Å². The number of rotatable bonds is 7. The van der Waals surface area contributed by atoms with Crippen molar-refractivity contribution in [2.45, 2.75) is 25.8 Å². The van der Waals surface area contributed by atoms with Gasteiger partial charge in [-0.15, -0.1) is 0 Å². The smallest absolute Gasteiger partial charge is 0.337 e. The van der Waals surface area contributed by atoms with E-state index in [1.54, 1.807) is 24.3 Å². The van der Waals surface area contributed by atoms with Crippen LogP contribution in [0.4, 0.5) is 11.4 Å². The SMILES string of the molecule is COC(=O)c1cc(C(=O)OC)cc(N2C(=O)C(O)=C(C(=O)C3CC3)[C@@H]2c2ccc(NC(C)=O)cc2)c1. The average molecular weight is 492 g/mol. The second-order valence-corrected chi connectivity index (χ2v) is 8.53. The van der Waals surface area contributed by atoms with Gasteiger partial charge in [-0.2, -0.15) is 0 Å². The lowest BCUT2D eigenvalue weighted by Gasteiger charge is -2.28. The number of ketones is 1. The number of hydrogen-bond donors (Lipinski definition) is 2. The van der Waals surface area contributed by atoms with E-state index in [1.807, 2.05) is 0 Å². The van der Waals surface area contributed by atoms with Crippen molar-refractivity contribution in [3.63, 3.8) is 0 Å². The number of esters is 2. The fourth-order valence-corrected chi connectivity index (χ4v) is 4.18. The van der Waals surface area contributed by atoms with Crippen LogP contribution in [0, 0.1) is 5.92 Å². The number of methoxy groups -OCH3 is 2. The van der Waals surface area contributed by atoms with Gasteiger partial charge in [-0.25, -0.2) is 9.59 Å². The van der Waals surface area contributed by atoms with Gasteiger partial charge in [-0.3, -0.25) is 19.3 Å². The first-order chi connectivity index (χ1) is 17.2. The standard InChI is InChI=1S/C26H24N2O8/c1-13(29)27-18-8-6-14(7-9-18)21-20(22(30)15-4-5-15)23(31)24(32)28(21)19-11-16(25(33)35-2)10-17(12-19)26(34)36-3/h6-12,15,21,31H,4-5H2,1-3H3,(H,27,29)/t21-/m0/s1. The molecule has 10 nitrogen and oxygen atoms in total. The van der Waals surface area contributed by atoms with Gasteiger partial charge < -0.3 is 19.9 Å². The number of hydrogen-bond acceptors (Lipinski definition) is 8. The van der Waals surface area contributed by atoms with Crippen molar-refractivity contribution in [2.24, 2.45) is 5.92 Å². The number of nitrogens with one attached hydrogen (secondary N) is 1. The van der Waals surface area contributed by atoms with Crippen LogP contribution >= 0.6 is 0 Å². The molecule has 1 atom stereocenters. The summed E-state index contributed by atoms with van der Waals surface area (Å²) in [6.07, 6.45) is 1.31. The molecule has 10 heteroatoms. The Morgan fingerprint density at radius 3 is 1.97 bits per heavy atom. The van der Waals surface area contributed by atoms with E-state index in [4.69, 9.17) is 9.47 Å². The summed E-state index contributed by atoms with van der Waals surface area (Å²) in [5.74, 6) is -3.94. The van der Waals surface area contributed by atoms with E-state index >= 15 is 0 Å². The van der Waals surface area contributed by atoms with Gasteiger partial charge in [-0.1, -0.05) is 12.1 Å². The Balaban J connectivity index is 1.87. The van der Waals surface area contributed by atoms with Gasteiger partial charge in [0.05, 0.1) is 37.0 Å². The van der Waals surface area contributed by atoms with Gasteiger partial charge in [0.25, 0.3) is 5.91 Å². The minimum atomic E-state index is -1.03. The molecule has 2 aromatic carbocycles. The molecule has 0 spiro atoms. The Bertz CT molecular complexity index is 1270. The number of aliphatic hydroxyl groups excluding tert-OH is 1. The first-order valence-corrected chi connectivity index (χ1v) is 11.2. The van der Waals surface area contributed by atoms with Crippen molar-refractivity contribution in [1.29, 1.82) is 0 Å². The Hall–Kier alpha value is -4.47. The molecule has 0 aromatic heterocycles. The summed E-state index contributed by atoms with van der Waals surface area (Å²) in [7, 11) is 2.35. The predicted octanol–water partition coefficient (Wildman–Crippen LogP) is 3.10. The molecule has 0 unspecified atom stereocenters. The Morgan fingerprint density at radius 1 is 0.944 bits per heavy atom. The quantitative estimate of drug-likeness (QED) is 0.562. The highest BCUT2D eigenvalue weighted by atomic mass is 16.5. The van der Waals surface area contributed by atoms with Gasteiger partial charge in [0.1, 0.15) is 0 Å². The summed E-state index contributed by atoms with van der Waals surface area (Å²) in [4.78, 5) is 63.7. The highest BCUT2D eigenvalue weighted by Crippen LogP contribution is 2.45. The molecule has 0 saturated heterocycles. The van der Waals surface area contributed by atoms with Crippen LogP contribution < -0.4 is 10.2 Å². The molecule has 4 rings (SSSR count). The van der Waals surface area contributed by atoms with Crippen LogP contribution in [0.3, 0.4) is 0 Å². The maximum atomic E-state index is 13.3. The van der Waals surface area contributed by atoms with Crippen molar-refractivity contribution in [3.05, 3.63) is 70.5 Å². The van der Waals surface area contributed by atoms with Crippen LogP contribution in [-0.4, -0.2) is 48.9 Å². The number of amides is 2. The van der Waals surface area contributed by atoms with Gasteiger partial charge in [-0.05, 0) is 48.7 Å². The fraction of sp³-hybridized carbons (Fsp3) is 0.269. The van der Waals surface area contributed by atoms with Gasteiger partial charge in [0, 0.05) is 24.2 Å². The van der Waals surface area contributed by atoms with Gasteiger partial charge in [0.2, 0.25) is 5.91 Å². The van der Waals surface area contributed by atoms with Crippen LogP contribution in [0.15, 0.2) is 53.8 Å². The first kappa shape index (κ1) is 24.6. The molecular weight excluding hydrogens is 468 g/mol.